The molecule has 30 heavy (non-hydrogen) atoms. The van der Waals surface area contributed by atoms with Crippen LogP contribution in [0.3, 0.4) is 0 Å². The third-order valence-electron chi connectivity index (χ3n) is 4.51. The monoisotopic (exact) mass is 404 g/mol. The van der Waals surface area contributed by atoms with Crippen molar-refractivity contribution in [2.45, 2.75) is 26.8 Å². The molecule has 0 radical (unpaired) electrons. The molecule has 0 bridgehead atoms. The molecular weight excluding hydrogens is 372 g/mol. The Bertz CT molecular complexity index is 827. The normalized spacial score (nSPS) is 13.8. The molecule has 6 heteroatoms. The highest BCUT2D eigenvalue weighted by molar-refractivity contribution is 6.35. The van der Waals surface area contributed by atoms with E-state index < -0.39 is 0 Å². The third kappa shape index (κ3) is 8.57. The lowest BCUT2D eigenvalue weighted by molar-refractivity contribution is 0.220. The van der Waals surface area contributed by atoms with Crippen LogP contribution in [0.15, 0.2) is 75.9 Å². The second-order valence-electron chi connectivity index (χ2n) is 6.69. The minimum atomic E-state index is 0.186. The van der Waals surface area contributed by atoms with Crippen LogP contribution < -0.4 is 0 Å². The van der Waals surface area contributed by atoms with Gasteiger partial charge >= 0.3 is 0 Å². The maximum atomic E-state index is 4.58. The van der Waals surface area contributed by atoms with Gasteiger partial charge in [-0.25, -0.2) is 0 Å². The van der Waals surface area contributed by atoms with Crippen molar-refractivity contribution < 1.29 is 0 Å². The van der Waals surface area contributed by atoms with E-state index in [4.69, 9.17) is 0 Å². The van der Waals surface area contributed by atoms with Crippen molar-refractivity contribution in [1.82, 2.24) is 14.9 Å². The number of pyridine rings is 2. The number of allylic oxidation sites excluding steroid dienone is 2. The first-order valence-electron chi connectivity index (χ1n) is 10.5. The summed E-state index contributed by atoms with van der Waals surface area (Å²) in [7, 11) is 0. The smallest absolute Gasteiger partial charge is 0.0807 e. The Morgan fingerprint density at radius 1 is 1.03 bits per heavy atom. The van der Waals surface area contributed by atoms with Crippen molar-refractivity contribution in [1.29, 1.82) is 0 Å². The molecule has 0 aliphatic carbocycles. The molecule has 0 fully saturated rings. The van der Waals surface area contributed by atoms with Gasteiger partial charge in [0, 0.05) is 50.5 Å². The first kappa shape index (κ1) is 23.3. The average Bonchev–Trinajstić information content (AvgIpc) is 2.79. The summed E-state index contributed by atoms with van der Waals surface area (Å²) in [5, 5.41) is 0. The number of aliphatic imine (C=N–C) groups is 3. The number of hydrogen-bond donors (Lipinski definition) is 0. The molecule has 2 heterocycles. The van der Waals surface area contributed by atoms with Crippen molar-refractivity contribution in [2.75, 3.05) is 32.7 Å². The second-order valence-corrected chi connectivity index (χ2v) is 6.69. The highest BCUT2D eigenvalue weighted by Crippen LogP contribution is 2.17. The van der Waals surface area contributed by atoms with Gasteiger partial charge in [0.15, 0.2) is 0 Å². The predicted octanol–water partition coefficient (Wildman–Crippen LogP) is 4.07. The Hall–Kier alpha value is -2.99. The molecule has 2 aromatic rings. The molecule has 0 aromatic carbocycles. The summed E-state index contributed by atoms with van der Waals surface area (Å²) in [6, 6.07) is 12.0. The van der Waals surface area contributed by atoms with Gasteiger partial charge in [0.1, 0.15) is 0 Å². The Balaban J connectivity index is 1.98. The SMILES string of the molecule is C/C=C\C(C=NCCN(CCN=Cc1ccccn1)C(C)c1ccccn1)=NCC. The van der Waals surface area contributed by atoms with Gasteiger partial charge in [0.2, 0.25) is 0 Å². The topological polar surface area (TPSA) is 66.1 Å². The van der Waals surface area contributed by atoms with Gasteiger partial charge in [-0.1, -0.05) is 18.2 Å². The minimum absolute atomic E-state index is 0.186. The van der Waals surface area contributed by atoms with Crippen LogP contribution in [0.25, 0.3) is 0 Å². The van der Waals surface area contributed by atoms with Crippen molar-refractivity contribution in [3.05, 3.63) is 72.3 Å². The zero-order chi connectivity index (χ0) is 21.4. The number of aromatic nitrogens is 2. The van der Waals surface area contributed by atoms with Gasteiger partial charge in [0.05, 0.1) is 30.2 Å². The Labute approximate surface area is 180 Å². The summed E-state index contributed by atoms with van der Waals surface area (Å²) < 4.78 is 0. The molecule has 0 saturated carbocycles. The van der Waals surface area contributed by atoms with Crippen LogP contribution in [0.4, 0.5) is 0 Å². The van der Waals surface area contributed by atoms with E-state index in [2.05, 4.69) is 42.8 Å². The van der Waals surface area contributed by atoms with Crippen LogP contribution in [-0.4, -0.2) is 65.7 Å². The third-order valence-corrected chi connectivity index (χ3v) is 4.51. The van der Waals surface area contributed by atoms with Crippen LogP contribution in [0.2, 0.25) is 0 Å². The van der Waals surface area contributed by atoms with Crippen LogP contribution >= 0.6 is 0 Å². The van der Waals surface area contributed by atoms with Crippen molar-refractivity contribution in [2.24, 2.45) is 15.0 Å². The summed E-state index contributed by atoms with van der Waals surface area (Å²) in [5.74, 6) is 0. The first-order valence-corrected chi connectivity index (χ1v) is 10.5. The van der Waals surface area contributed by atoms with E-state index in [1.807, 2.05) is 75.0 Å². The lowest BCUT2D eigenvalue weighted by Gasteiger charge is -2.27. The highest BCUT2D eigenvalue weighted by Gasteiger charge is 2.15. The molecule has 0 N–H and O–H groups in total. The Kier molecular flexibility index (Phi) is 10.9. The molecule has 2 aromatic heterocycles. The molecule has 0 spiro atoms. The van der Waals surface area contributed by atoms with E-state index in [1.54, 1.807) is 6.20 Å². The summed E-state index contributed by atoms with van der Waals surface area (Å²) >= 11 is 0. The van der Waals surface area contributed by atoms with Crippen molar-refractivity contribution in [3.63, 3.8) is 0 Å². The molecule has 0 saturated heterocycles. The fourth-order valence-electron chi connectivity index (χ4n) is 2.94. The number of nitrogens with zero attached hydrogens (tertiary/aromatic N) is 6. The lowest BCUT2D eigenvalue weighted by atomic mass is 10.2. The summed E-state index contributed by atoms with van der Waals surface area (Å²) in [6.07, 6.45) is 11.3. The van der Waals surface area contributed by atoms with Gasteiger partial charge in [0.25, 0.3) is 0 Å². The second kappa shape index (κ2) is 14.1. The zero-order valence-corrected chi connectivity index (χ0v) is 18.2. The minimum Gasteiger partial charge on any atom is -0.291 e. The van der Waals surface area contributed by atoms with Crippen LogP contribution in [0.1, 0.15) is 38.2 Å². The van der Waals surface area contributed by atoms with Gasteiger partial charge in [-0.05, 0) is 51.1 Å². The quantitative estimate of drug-likeness (QED) is 0.501. The molecule has 1 unspecified atom stereocenters. The Morgan fingerprint density at radius 3 is 2.40 bits per heavy atom. The van der Waals surface area contributed by atoms with E-state index in [1.165, 1.54) is 0 Å². The molecule has 158 valence electrons. The standard InChI is InChI=1S/C24H32N6/c1-4-10-22(27-5-2)19-25-15-17-30(21(3)24-12-7-9-14-29-24)18-16-26-20-23-11-6-8-13-28-23/h4,6-14,19-21H,5,15-18H2,1-3H3/b10-4-,25-19?,26-20?,27-22?. The van der Waals surface area contributed by atoms with Gasteiger partial charge < -0.3 is 0 Å². The van der Waals surface area contributed by atoms with Crippen molar-refractivity contribution in [3.8, 4) is 0 Å². The average molecular weight is 405 g/mol. The predicted molar refractivity (Wildman–Crippen MR) is 127 cm³/mol. The van der Waals surface area contributed by atoms with E-state index in [0.717, 1.165) is 36.7 Å². The molecular formula is C24H32N6. The van der Waals surface area contributed by atoms with Gasteiger partial charge in [-0.15, -0.1) is 0 Å². The molecule has 1 atom stereocenters. The maximum Gasteiger partial charge on any atom is 0.0807 e. The molecule has 0 aliphatic rings. The van der Waals surface area contributed by atoms with E-state index in [-0.39, 0.29) is 6.04 Å². The number of hydrogen-bond acceptors (Lipinski definition) is 6. The molecule has 0 amide bonds. The highest BCUT2D eigenvalue weighted by atomic mass is 15.2. The van der Waals surface area contributed by atoms with Crippen molar-refractivity contribution >= 4 is 18.1 Å². The zero-order valence-electron chi connectivity index (χ0n) is 18.2. The molecule has 0 aliphatic heterocycles. The van der Waals surface area contributed by atoms with E-state index in [0.29, 0.717) is 13.1 Å². The lowest BCUT2D eigenvalue weighted by Crippen LogP contribution is -2.32. The molecule has 2 rings (SSSR count). The van der Waals surface area contributed by atoms with Crippen LogP contribution in [0.5, 0.6) is 0 Å². The van der Waals surface area contributed by atoms with Crippen LogP contribution in [-0.2, 0) is 0 Å². The summed E-state index contributed by atoms with van der Waals surface area (Å²) in [6.45, 7) is 9.98. The van der Waals surface area contributed by atoms with Gasteiger partial charge in [-0.2, -0.15) is 0 Å². The fraction of sp³-hybridized carbons (Fsp3) is 0.375. The van der Waals surface area contributed by atoms with E-state index in [9.17, 15) is 0 Å². The summed E-state index contributed by atoms with van der Waals surface area (Å²) in [5.41, 5.74) is 2.83. The van der Waals surface area contributed by atoms with E-state index >= 15 is 0 Å². The number of rotatable bonds is 12. The van der Waals surface area contributed by atoms with Gasteiger partial charge in [-0.3, -0.25) is 29.8 Å². The largest absolute Gasteiger partial charge is 0.291 e. The maximum absolute atomic E-state index is 4.58. The first-order chi connectivity index (χ1) is 14.7. The van der Waals surface area contributed by atoms with Crippen LogP contribution in [0, 0.1) is 0 Å². The molecule has 6 nitrogen and oxygen atoms in total. The fourth-order valence-corrected chi connectivity index (χ4v) is 2.94. The summed E-state index contributed by atoms with van der Waals surface area (Å²) in [4.78, 5) is 24.7. The Morgan fingerprint density at radius 2 is 1.77 bits per heavy atom.